The van der Waals surface area contributed by atoms with Crippen molar-refractivity contribution in [2.24, 2.45) is 0 Å². The van der Waals surface area contributed by atoms with E-state index in [1.165, 1.54) is 0 Å². The van der Waals surface area contributed by atoms with E-state index >= 15 is 0 Å². The topological polar surface area (TPSA) is 61.2 Å². The molecule has 4 nitrogen and oxygen atoms in total. The molecular weight excluding hydrogens is 204 g/mol. The molecule has 0 bridgehead atoms. The molecule has 1 amide bonds. The lowest BCUT2D eigenvalue weighted by Gasteiger charge is -2.26. The number of carbonyl (C=O) groups is 2. The minimum atomic E-state index is -0.189. The Bertz CT molecular complexity index is 488. The van der Waals surface area contributed by atoms with Gasteiger partial charge in [-0.15, -0.1) is 0 Å². The van der Waals surface area contributed by atoms with Crippen molar-refractivity contribution in [2.45, 2.75) is 12.8 Å². The van der Waals surface area contributed by atoms with Crippen molar-refractivity contribution in [3.8, 4) is 6.07 Å². The van der Waals surface area contributed by atoms with Gasteiger partial charge in [-0.25, -0.2) is 0 Å². The van der Waals surface area contributed by atoms with Crippen LogP contribution in [0.25, 0.3) is 0 Å². The normalized spacial score (nSPS) is 16.1. The predicted molar refractivity (Wildman–Crippen MR) is 57.8 cm³/mol. The minimum Gasteiger partial charge on any atom is -0.312 e. The van der Waals surface area contributed by atoms with Crippen LogP contribution in [0, 0.1) is 11.3 Å². The number of carbonyl (C=O) groups excluding carboxylic acids is 2. The number of Topliss-reactive ketones (excluding diaryl/α,β-unsaturated/α-hetero) is 1. The van der Waals surface area contributed by atoms with Gasteiger partial charge < -0.3 is 4.90 Å². The summed E-state index contributed by atoms with van der Waals surface area (Å²) in [5.41, 5.74) is 1.21. The Labute approximate surface area is 93.1 Å². The number of amides is 1. The van der Waals surface area contributed by atoms with E-state index < -0.39 is 0 Å². The monoisotopic (exact) mass is 214 g/mol. The molecule has 16 heavy (non-hydrogen) atoms. The molecule has 1 saturated heterocycles. The van der Waals surface area contributed by atoms with Gasteiger partial charge in [0.15, 0.2) is 0 Å². The van der Waals surface area contributed by atoms with Crippen molar-refractivity contribution in [1.29, 1.82) is 5.26 Å². The zero-order valence-electron chi connectivity index (χ0n) is 8.64. The van der Waals surface area contributed by atoms with Crippen LogP contribution in [0.5, 0.6) is 0 Å². The maximum Gasteiger partial charge on any atom is 0.234 e. The Balaban J connectivity index is 2.27. The molecule has 1 fully saturated rings. The highest BCUT2D eigenvalue weighted by Gasteiger charge is 2.24. The maximum absolute atomic E-state index is 11.6. The Hall–Kier alpha value is -2.15. The second-order valence-corrected chi connectivity index (χ2v) is 3.67. The van der Waals surface area contributed by atoms with Gasteiger partial charge >= 0.3 is 0 Å². The molecule has 4 heteroatoms. The molecule has 0 unspecified atom stereocenters. The molecule has 1 heterocycles. The number of hydrogen-bond donors (Lipinski definition) is 0. The van der Waals surface area contributed by atoms with Gasteiger partial charge in [-0.3, -0.25) is 9.59 Å². The van der Waals surface area contributed by atoms with Gasteiger partial charge in [0.2, 0.25) is 5.91 Å². The highest BCUT2D eigenvalue weighted by molar-refractivity contribution is 6.08. The first kappa shape index (κ1) is 10.4. The van der Waals surface area contributed by atoms with E-state index in [0.717, 1.165) is 0 Å². The van der Waals surface area contributed by atoms with Crippen LogP contribution in [0.4, 0.5) is 5.69 Å². The summed E-state index contributed by atoms with van der Waals surface area (Å²) < 4.78 is 0. The van der Waals surface area contributed by atoms with Crippen molar-refractivity contribution < 1.29 is 9.59 Å². The van der Waals surface area contributed by atoms with Crippen molar-refractivity contribution >= 4 is 17.4 Å². The molecule has 1 aliphatic rings. The number of nitrogens with zero attached hydrogens (tertiary/aromatic N) is 2. The van der Waals surface area contributed by atoms with Crippen LogP contribution in [0.2, 0.25) is 0 Å². The first-order valence-corrected chi connectivity index (χ1v) is 5.03. The van der Waals surface area contributed by atoms with E-state index in [9.17, 15) is 9.59 Å². The summed E-state index contributed by atoms with van der Waals surface area (Å²) in [6.45, 7) is 0.409. The Kier molecular flexibility index (Phi) is 2.69. The third kappa shape index (κ3) is 1.94. The average molecular weight is 214 g/mol. The van der Waals surface area contributed by atoms with E-state index in [1.54, 1.807) is 29.2 Å². The van der Waals surface area contributed by atoms with Gasteiger partial charge in [0.25, 0.3) is 0 Å². The highest BCUT2D eigenvalue weighted by Crippen LogP contribution is 2.20. The second-order valence-electron chi connectivity index (χ2n) is 3.67. The molecule has 1 aliphatic heterocycles. The van der Waals surface area contributed by atoms with Crippen molar-refractivity contribution in [3.05, 3.63) is 29.8 Å². The number of hydrogen-bond acceptors (Lipinski definition) is 3. The third-order valence-electron chi connectivity index (χ3n) is 2.55. The molecular formula is C12H10N2O2. The second kappa shape index (κ2) is 4.15. The predicted octanol–water partition coefficient (Wildman–Crippen LogP) is 1.25. The van der Waals surface area contributed by atoms with Crippen molar-refractivity contribution in [2.75, 3.05) is 11.4 Å². The quantitative estimate of drug-likeness (QED) is 0.661. The van der Waals surface area contributed by atoms with Crippen LogP contribution in [-0.4, -0.2) is 18.2 Å². The lowest BCUT2D eigenvalue weighted by atomic mass is 10.1. The molecule has 0 N–H and O–H groups in total. The molecule has 0 spiro atoms. The number of rotatable bonds is 1. The smallest absolute Gasteiger partial charge is 0.234 e. The van der Waals surface area contributed by atoms with Crippen molar-refractivity contribution in [1.82, 2.24) is 0 Å². The first-order valence-electron chi connectivity index (χ1n) is 5.03. The summed E-state index contributed by atoms with van der Waals surface area (Å²) in [6.07, 6.45) is 0.360. The number of benzene rings is 1. The lowest BCUT2D eigenvalue weighted by molar-refractivity contribution is -0.128. The SMILES string of the molecule is N#Cc1cccc(N2CCC(=O)CC2=O)c1. The zero-order chi connectivity index (χ0) is 11.5. The van der Waals surface area contributed by atoms with E-state index in [-0.39, 0.29) is 18.1 Å². The number of piperidine rings is 1. The highest BCUT2D eigenvalue weighted by atomic mass is 16.2. The van der Waals surface area contributed by atoms with Crippen LogP contribution in [0.3, 0.4) is 0 Å². The summed E-state index contributed by atoms with van der Waals surface area (Å²) >= 11 is 0. The summed E-state index contributed by atoms with van der Waals surface area (Å²) in [5, 5.41) is 8.76. The van der Waals surface area contributed by atoms with Crippen LogP contribution in [0.1, 0.15) is 18.4 Å². The average Bonchev–Trinajstić information content (AvgIpc) is 2.29. The minimum absolute atomic E-state index is 0.0160. The van der Waals surface area contributed by atoms with Gasteiger partial charge in [0.1, 0.15) is 5.78 Å². The van der Waals surface area contributed by atoms with Gasteiger partial charge in [-0.2, -0.15) is 5.26 Å². The Morgan fingerprint density at radius 2 is 2.12 bits per heavy atom. The molecule has 0 saturated carbocycles. The molecule has 0 atom stereocenters. The molecule has 0 aromatic heterocycles. The molecule has 0 radical (unpaired) electrons. The van der Waals surface area contributed by atoms with Crippen LogP contribution >= 0.6 is 0 Å². The largest absolute Gasteiger partial charge is 0.312 e. The number of ketones is 1. The number of anilines is 1. The Morgan fingerprint density at radius 3 is 2.81 bits per heavy atom. The van der Waals surface area contributed by atoms with Gasteiger partial charge in [-0.1, -0.05) is 6.07 Å². The molecule has 80 valence electrons. The van der Waals surface area contributed by atoms with Gasteiger partial charge in [0, 0.05) is 18.7 Å². The van der Waals surface area contributed by atoms with Crippen LogP contribution < -0.4 is 4.90 Å². The van der Waals surface area contributed by atoms with Crippen LogP contribution in [0.15, 0.2) is 24.3 Å². The lowest BCUT2D eigenvalue weighted by Crippen LogP contribution is -2.39. The molecule has 1 aromatic rings. The third-order valence-corrected chi connectivity index (χ3v) is 2.55. The van der Waals surface area contributed by atoms with E-state index in [2.05, 4.69) is 0 Å². The van der Waals surface area contributed by atoms with E-state index in [1.807, 2.05) is 6.07 Å². The van der Waals surface area contributed by atoms with E-state index in [4.69, 9.17) is 5.26 Å². The van der Waals surface area contributed by atoms with Crippen LogP contribution in [-0.2, 0) is 9.59 Å². The molecule has 0 aliphatic carbocycles. The standard InChI is InChI=1S/C12H10N2O2/c13-8-9-2-1-3-10(6-9)14-5-4-11(15)7-12(14)16/h1-3,6H,4-5,7H2. The van der Waals surface area contributed by atoms with Crippen molar-refractivity contribution in [3.63, 3.8) is 0 Å². The van der Waals surface area contributed by atoms with Gasteiger partial charge in [0.05, 0.1) is 18.1 Å². The molecule has 1 aromatic carbocycles. The fourth-order valence-electron chi connectivity index (χ4n) is 1.73. The Morgan fingerprint density at radius 1 is 1.31 bits per heavy atom. The van der Waals surface area contributed by atoms with E-state index in [0.29, 0.717) is 24.2 Å². The molecule has 2 rings (SSSR count). The first-order chi connectivity index (χ1) is 7.70. The fourth-order valence-corrected chi connectivity index (χ4v) is 1.73. The number of nitriles is 1. The summed E-state index contributed by atoms with van der Waals surface area (Å²) in [6, 6.07) is 8.88. The summed E-state index contributed by atoms with van der Waals surface area (Å²) in [7, 11) is 0. The zero-order valence-corrected chi connectivity index (χ0v) is 8.64. The summed E-state index contributed by atoms with van der Waals surface area (Å²) in [5.74, 6) is -0.205. The van der Waals surface area contributed by atoms with Gasteiger partial charge in [-0.05, 0) is 18.2 Å². The summed E-state index contributed by atoms with van der Waals surface area (Å²) in [4.78, 5) is 24.3. The maximum atomic E-state index is 11.6. The fraction of sp³-hybridized carbons (Fsp3) is 0.250.